The highest BCUT2D eigenvalue weighted by Gasteiger charge is 2.37. The number of primary amides is 2. The molecule has 0 unspecified atom stereocenters. The minimum Gasteiger partial charge on any atom is -0.481 e. The molecule has 1 heterocycles. The van der Waals surface area contributed by atoms with E-state index in [4.69, 9.17) is 17.2 Å². The number of fused-ring (bicyclic) bond motifs is 1. The van der Waals surface area contributed by atoms with E-state index in [9.17, 15) is 87.2 Å². The van der Waals surface area contributed by atoms with E-state index >= 15 is 0 Å². The summed E-state index contributed by atoms with van der Waals surface area (Å²) >= 11 is 5.20. The average molecular weight is 1310 g/mol. The molecule has 498 valence electrons. The lowest BCUT2D eigenvalue weighted by atomic mass is 10.0. The van der Waals surface area contributed by atoms with Crippen LogP contribution in [-0.4, -0.2) is 206 Å². The molecule has 0 radical (unpaired) electrons. The molecule has 1 aromatic heterocycles. The molecule has 33 nitrogen and oxygen atoms in total. The number of H-pyrrole nitrogens is 1. The zero-order valence-corrected chi connectivity index (χ0v) is 52.0. The summed E-state index contributed by atoms with van der Waals surface area (Å²) in [4.78, 5) is 200. The number of aliphatic carboxylic acids is 2. The zero-order chi connectivity index (χ0) is 68.2. The van der Waals surface area contributed by atoms with Gasteiger partial charge in [0.1, 0.15) is 60.4 Å². The van der Waals surface area contributed by atoms with E-state index in [0.717, 1.165) is 6.92 Å². The normalized spacial score (nSPS) is 14.9. The standard InChI is InChI=1S/C56H79N15O18S2/c1-26(57)46(78)62-27(2)47(79)63-28(3)48(80)65-34(15-16-41(58)73)50(82)68-37(20-31-23-60-33-14-10-9-13-32(31)33)52(84)69-39(22-44(76)77)53(85)67-36(19-30-11-7-6-8-12-30)49(81)61-24-43(75)64-38(21-42(59)74)54(86)71-45(29(4)72)55(87)66-35(17-18-91-5)51(83)70-40(25-90)56(88)89/h6-14,23,26-29,34-40,45,60,72,90H,15-22,24-25,57H2,1-5H3,(H2,58,73)(H2,59,74)(H,61,81)(H,62,78)(H,63,79)(H,64,75)(H,65,80)(H,66,87)(H,67,85)(H,68,82)(H,69,84)(H,70,83)(H,71,86)(H,76,77)(H,88,89)/t26-,27-,28-,29+,34-,35-,36-,37-,38-,39-,40-,45-/m0/s1. The maximum absolute atomic E-state index is 14.5. The Bertz CT molecular complexity index is 3120. The number of aromatic nitrogens is 1. The topological polar surface area (TPSA) is 543 Å². The number of thiol groups is 1. The molecule has 0 fully saturated rings. The number of nitrogens with one attached hydrogen (secondary N) is 12. The second kappa shape index (κ2) is 37.6. The highest BCUT2D eigenvalue weighted by Crippen LogP contribution is 2.20. The van der Waals surface area contributed by atoms with Gasteiger partial charge in [-0.05, 0) is 69.7 Å². The van der Waals surface area contributed by atoms with Gasteiger partial charge in [0.05, 0.1) is 31.5 Å². The summed E-state index contributed by atoms with van der Waals surface area (Å²) < 4.78 is 0. The van der Waals surface area contributed by atoms with E-state index in [1.54, 1.807) is 60.9 Å². The monoisotopic (exact) mass is 1310 g/mol. The number of carboxylic acids is 2. The highest BCUT2D eigenvalue weighted by molar-refractivity contribution is 7.98. The molecule has 0 saturated carbocycles. The number of benzene rings is 2. The fourth-order valence-corrected chi connectivity index (χ4v) is 9.20. The number of aliphatic hydroxyl groups is 1. The van der Waals surface area contributed by atoms with Gasteiger partial charge in [-0.2, -0.15) is 24.4 Å². The smallest absolute Gasteiger partial charge is 0.327 e. The highest BCUT2D eigenvalue weighted by atomic mass is 32.2. The van der Waals surface area contributed by atoms with Gasteiger partial charge in [-0.3, -0.25) is 67.1 Å². The molecule has 0 saturated heterocycles. The second-order valence-corrected chi connectivity index (χ2v) is 22.4. The van der Waals surface area contributed by atoms with E-state index in [2.05, 4.69) is 76.1 Å². The van der Waals surface area contributed by atoms with Crippen molar-refractivity contribution >= 4 is 124 Å². The van der Waals surface area contributed by atoms with Gasteiger partial charge in [0.25, 0.3) is 0 Å². The van der Waals surface area contributed by atoms with Crippen molar-refractivity contribution in [2.24, 2.45) is 17.2 Å². The summed E-state index contributed by atoms with van der Waals surface area (Å²) in [7, 11) is 0. The molecule has 0 bridgehead atoms. The lowest BCUT2D eigenvalue weighted by Gasteiger charge is -2.27. The van der Waals surface area contributed by atoms with Gasteiger partial charge in [0, 0.05) is 42.1 Å². The van der Waals surface area contributed by atoms with Crippen molar-refractivity contribution < 1.29 is 87.2 Å². The Morgan fingerprint density at radius 3 is 1.59 bits per heavy atom. The Morgan fingerprint density at radius 1 is 0.538 bits per heavy atom. The predicted molar refractivity (Wildman–Crippen MR) is 330 cm³/mol. The Labute approximate surface area is 531 Å². The van der Waals surface area contributed by atoms with Gasteiger partial charge in [0.2, 0.25) is 76.8 Å². The fourth-order valence-electron chi connectivity index (χ4n) is 8.49. The summed E-state index contributed by atoms with van der Waals surface area (Å²) in [5.41, 5.74) is 17.8. The van der Waals surface area contributed by atoms with Crippen LogP contribution in [-0.2, 0) is 84.8 Å². The molecule has 0 aliphatic carbocycles. The molecule has 35 heteroatoms. The van der Waals surface area contributed by atoms with E-state index < -0.39 is 194 Å². The first-order chi connectivity index (χ1) is 42.8. The number of aliphatic hydroxyl groups excluding tert-OH is 1. The molecule has 3 rings (SSSR count). The van der Waals surface area contributed by atoms with Gasteiger partial charge in [0.15, 0.2) is 0 Å². The van der Waals surface area contributed by atoms with Gasteiger partial charge in [-0.1, -0.05) is 48.5 Å². The number of rotatable bonds is 39. The largest absolute Gasteiger partial charge is 0.481 e. The molecular weight excluding hydrogens is 1230 g/mol. The van der Waals surface area contributed by atoms with E-state index in [0.29, 0.717) is 22.0 Å². The quantitative estimate of drug-likeness (QED) is 0.0237. The predicted octanol–water partition coefficient (Wildman–Crippen LogP) is -5.93. The first-order valence-corrected chi connectivity index (χ1v) is 30.3. The number of hydrogen-bond donors (Lipinski definition) is 19. The summed E-state index contributed by atoms with van der Waals surface area (Å²) in [6, 6.07) is -2.32. The maximum atomic E-state index is 14.5. The molecule has 13 amide bonds. The number of carbonyl (C=O) groups excluding carboxylic acids is 13. The molecular formula is C56H79N15O18S2. The van der Waals surface area contributed by atoms with Gasteiger partial charge in [-0.25, -0.2) is 4.79 Å². The van der Waals surface area contributed by atoms with Crippen molar-refractivity contribution in [3.05, 3.63) is 71.9 Å². The number of carboxylic acid groups (broad SMARTS) is 2. The van der Waals surface area contributed by atoms with E-state index in [1.807, 2.05) is 0 Å². The Kier molecular flexibility index (Phi) is 31.4. The number of carbonyl (C=O) groups is 15. The van der Waals surface area contributed by atoms with Crippen molar-refractivity contribution in [2.75, 3.05) is 24.3 Å². The van der Waals surface area contributed by atoms with Crippen LogP contribution in [0, 0.1) is 0 Å². The van der Waals surface area contributed by atoms with Crippen LogP contribution in [0.1, 0.15) is 70.9 Å². The summed E-state index contributed by atoms with van der Waals surface area (Å²) in [6.07, 6.45) is -2.15. The summed E-state index contributed by atoms with van der Waals surface area (Å²) in [6.45, 7) is 4.08. The van der Waals surface area contributed by atoms with Crippen LogP contribution in [0.5, 0.6) is 0 Å². The molecule has 0 aliphatic heterocycles. The number of nitrogens with two attached hydrogens (primary N) is 3. The number of amides is 13. The SMILES string of the molecule is CSCC[C@H](NC(=O)[C@@H](NC(=O)[C@H](CC(N)=O)NC(=O)CNC(=O)[C@H](Cc1ccccc1)NC(=O)[C@H](CC(=O)O)NC(=O)[C@H](Cc1c[nH]c2ccccc12)NC(=O)[C@H](CCC(N)=O)NC(=O)[C@H](C)NC(=O)[C@H](C)NC(=O)[C@H](C)N)[C@@H](C)O)C(=O)N[C@@H](CS)C(=O)O. The number of hydrogen-bond acceptors (Lipinski definition) is 19. The van der Waals surface area contributed by atoms with Crippen LogP contribution < -0.4 is 75.7 Å². The van der Waals surface area contributed by atoms with Crippen molar-refractivity contribution in [1.82, 2.24) is 63.5 Å². The van der Waals surface area contributed by atoms with E-state index in [1.165, 1.54) is 38.7 Å². The molecule has 2 aromatic carbocycles. The van der Waals surface area contributed by atoms with Crippen LogP contribution in [0.25, 0.3) is 10.9 Å². The van der Waals surface area contributed by atoms with Gasteiger partial charge >= 0.3 is 11.9 Å². The number of aromatic amines is 1. The molecule has 21 N–H and O–H groups in total. The lowest BCUT2D eigenvalue weighted by molar-refractivity contribution is -0.142. The number of thioether (sulfide) groups is 1. The van der Waals surface area contributed by atoms with Crippen LogP contribution in [0.15, 0.2) is 60.8 Å². The minimum atomic E-state index is -2.02. The minimum absolute atomic E-state index is 0.0313. The molecule has 91 heavy (non-hydrogen) atoms. The first kappa shape index (κ1) is 75.9. The van der Waals surface area contributed by atoms with Crippen LogP contribution in [0.2, 0.25) is 0 Å². The van der Waals surface area contributed by atoms with Crippen LogP contribution in [0.4, 0.5) is 0 Å². The third kappa shape index (κ3) is 26.0. The Morgan fingerprint density at radius 2 is 1.03 bits per heavy atom. The summed E-state index contributed by atoms with van der Waals surface area (Å²) in [5, 5.41) is 56.3. The van der Waals surface area contributed by atoms with Crippen molar-refractivity contribution in [3.8, 4) is 0 Å². The van der Waals surface area contributed by atoms with Crippen molar-refractivity contribution in [1.29, 1.82) is 0 Å². The Hall–Kier alpha value is -9.35. The van der Waals surface area contributed by atoms with Gasteiger partial charge < -0.3 is 96.0 Å². The van der Waals surface area contributed by atoms with Crippen LogP contribution in [0.3, 0.4) is 0 Å². The van der Waals surface area contributed by atoms with Crippen molar-refractivity contribution in [3.63, 3.8) is 0 Å². The third-order valence-electron chi connectivity index (χ3n) is 13.5. The molecule has 12 atom stereocenters. The molecule has 0 aliphatic rings. The van der Waals surface area contributed by atoms with Gasteiger partial charge in [-0.15, -0.1) is 0 Å². The second-order valence-electron chi connectivity index (χ2n) is 21.0. The first-order valence-electron chi connectivity index (χ1n) is 28.3. The average Bonchev–Trinajstić information content (AvgIpc) is 1.84. The van der Waals surface area contributed by atoms with Crippen molar-refractivity contribution in [2.45, 2.75) is 145 Å². The molecule has 0 spiro atoms. The fraction of sp³-hybridized carbons (Fsp3) is 0.482. The van der Waals surface area contributed by atoms with E-state index in [-0.39, 0.29) is 30.8 Å². The zero-order valence-electron chi connectivity index (χ0n) is 50.3. The Balaban J connectivity index is 1.91. The number of para-hydroxylation sites is 1. The third-order valence-corrected chi connectivity index (χ3v) is 14.5. The lowest BCUT2D eigenvalue weighted by Crippen LogP contribution is -2.61. The maximum Gasteiger partial charge on any atom is 0.327 e. The molecule has 3 aromatic rings. The summed E-state index contributed by atoms with van der Waals surface area (Å²) in [5.74, 6) is -16.6. The van der Waals surface area contributed by atoms with Crippen LogP contribution >= 0.6 is 24.4 Å².